The third kappa shape index (κ3) is 2.95. The van der Waals surface area contributed by atoms with Crippen LogP contribution < -0.4 is 13.9 Å². The van der Waals surface area contributed by atoms with Crippen molar-refractivity contribution < 1.29 is 9.47 Å². The van der Waals surface area contributed by atoms with E-state index in [1.165, 1.54) is 0 Å². The molecule has 0 aliphatic carbocycles. The molecule has 0 spiro atoms. The Labute approximate surface area is 128 Å². The summed E-state index contributed by atoms with van der Waals surface area (Å²) in [4.78, 5) is 4.17. The van der Waals surface area contributed by atoms with Crippen LogP contribution in [0.2, 0.25) is 0 Å². The number of aliphatic imine (C=N–C) groups is 1. The Morgan fingerprint density at radius 1 is 1.19 bits per heavy atom. The Hall–Kier alpha value is -2.20. The van der Waals surface area contributed by atoms with E-state index in [4.69, 9.17) is 21.3 Å². The number of nitrogens with zero attached hydrogens (tertiary/aromatic N) is 2. The topological polar surface area (TPSA) is 34.1 Å². The van der Waals surface area contributed by atoms with Gasteiger partial charge in [0.15, 0.2) is 11.5 Å². The summed E-state index contributed by atoms with van der Waals surface area (Å²) in [5.74, 6) is 1.34. The van der Waals surface area contributed by atoms with Crippen LogP contribution in [0.5, 0.6) is 11.5 Å². The average molecular weight is 303 g/mol. The average Bonchev–Trinajstić information content (AvgIpc) is 2.53. The predicted molar refractivity (Wildman–Crippen MR) is 84.6 cm³/mol. The zero-order valence-corrected chi connectivity index (χ0v) is 12.4. The van der Waals surface area contributed by atoms with Gasteiger partial charge in [-0.1, -0.05) is 30.3 Å². The van der Waals surface area contributed by atoms with Crippen LogP contribution in [-0.2, 0) is 6.61 Å². The molecule has 0 fully saturated rings. The first kappa shape index (κ1) is 13.8. The van der Waals surface area contributed by atoms with Gasteiger partial charge in [-0.2, -0.15) is 0 Å². The molecule has 3 rings (SSSR count). The van der Waals surface area contributed by atoms with Crippen molar-refractivity contribution in [2.24, 2.45) is 4.99 Å². The fourth-order valence-corrected chi connectivity index (χ4v) is 2.38. The van der Waals surface area contributed by atoms with Crippen molar-refractivity contribution in [2.75, 3.05) is 18.2 Å². The smallest absolute Gasteiger partial charge is 0.163 e. The van der Waals surface area contributed by atoms with Gasteiger partial charge in [0.1, 0.15) is 13.3 Å². The maximum absolute atomic E-state index is 6.16. The second-order valence-electron chi connectivity index (χ2n) is 4.65. The molecule has 0 aromatic heterocycles. The van der Waals surface area contributed by atoms with Gasteiger partial charge < -0.3 is 9.47 Å². The minimum atomic E-state index is 0.430. The van der Waals surface area contributed by atoms with E-state index in [0.717, 1.165) is 16.8 Å². The highest BCUT2D eigenvalue weighted by molar-refractivity contribution is 6.27. The second-order valence-corrected chi connectivity index (χ2v) is 5.06. The molecule has 1 aliphatic heterocycles. The molecule has 0 atom stereocenters. The Morgan fingerprint density at radius 3 is 2.76 bits per heavy atom. The van der Waals surface area contributed by atoms with Gasteiger partial charge in [-0.3, -0.25) is 9.41 Å². The lowest BCUT2D eigenvalue weighted by molar-refractivity contribution is 0.284. The largest absolute Gasteiger partial charge is 0.493 e. The molecular weight excluding hydrogens is 288 g/mol. The first-order valence-corrected chi connectivity index (χ1v) is 6.93. The second kappa shape index (κ2) is 6.06. The highest BCUT2D eigenvalue weighted by Gasteiger charge is 2.17. The highest BCUT2D eigenvalue weighted by Crippen LogP contribution is 2.37. The van der Waals surface area contributed by atoms with Gasteiger partial charge in [-0.05, 0) is 11.6 Å². The van der Waals surface area contributed by atoms with E-state index < -0.39 is 0 Å². The number of benzene rings is 2. The van der Waals surface area contributed by atoms with Crippen LogP contribution in [0.4, 0.5) is 5.69 Å². The quantitative estimate of drug-likeness (QED) is 0.809. The number of hydrogen-bond acceptors (Lipinski definition) is 4. The van der Waals surface area contributed by atoms with Gasteiger partial charge in [-0.25, -0.2) is 0 Å². The number of hydrogen-bond donors (Lipinski definition) is 0. The number of halogens is 1. The zero-order valence-electron chi connectivity index (χ0n) is 11.6. The van der Waals surface area contributed by atoms with Crippen LogP contribution in [0.3, 0.4) is 0 Å². The summed E-state index contributed by atoms with van der Waals surface area (Å²) in [6, 6.07) is 13.8. The summed E-state index contributed by atoms with van der Waals surface area (Å²) in [5, 5.41) is 0. The highest BCUT2D eigenvalue weighted by atomic mass is 35.5. The van der Waals surface area contributed by atoms with Crippen LogP contribution >= 0.6 is 11.8 Å². The Bertz CT molecular complexity index is 659. The van der Waals surface area contributed by atoms with E-state index in [1.807, 2.05) is 42.5 Å². The first-order valence-electron chi connectivity index (χ1n) is 6.60. The minimum absolute atomic E-state index is 0.430. The maximum Gasteiger partial charge on any atom is 0.163 e. The lowest BCUT2D eigenvalue weighted by Crippen LogP contribution is -2.16. The molecule has 0 saturated carbocycles. The fourth-order valence-electron chi connectivity index (χ4n) is 2.17. The van der Waals surface area contributed by atoms with Crippen LogP contribution in [0.1, 0.15) is 11.1 Å². The normalized spacial score (nSPS) is 13.0. The van der Waals surface area contributed by atoms with E-state index in [9.17, 15) is 0 Å². The molecule has 2 aromatic carbocycles. The SMILES string of the molecule is COc1cc2c(cc1OCc1ccccc1)N(Cl)CN=C2. The van der Waals surface area contributed by atoms with Crippen molar-refractivity contribution in [1.82, 2.24) is 0 Å². The van der Waals surface area contributed by atoms with E-state index >= 15 is 0 Å². The molecule has 0 radical (unpaired) electrons. The van der Waals surface area contributed by atoms with Crippen LogP contribution in [0.25, 0.3) is 0 Å². The van der Waals surface area contributed by atoms with Crippen LogP contribution in [0, 0.1) is 0 Å². The number of rotatable bonds is 4. The third-order valence-electron chi connectivity index (χ3n) is 3.25. The summed E-state index contributed by atoms with van der Waals surface area (Å²) >= 11 is 6.16. The molecule has 0 amide bonds. The van der Waals surface area contributed by atoms with Crippen molar-refractivity contribution >= 4 is 23.7 Å². The monoisotopic (exact) mass is 302 g/mol. The standard InChI is InChI=1S/C16H15ClN2O2/c1-20-15-7-13-9-18-11-19(17)14(13)8-16(15)21-10-12-5-3-2-4-6-12/h2-9H,10-11H2,1H3. The fraction of sp³-hybridized carbons (Fsp3) is 0.188. The van der Waals surface area contributed by atoms with Gasteiger partial charge in [0.2, 0.25) is 0 Å². The molecule has 21 heavy (non-hydrogen) atoms. The summed E-state index contributed by atoms with van der Waals surface area (Å²) in [6.45, 7) is 0.908. The molecule has 4 nitrogen and oxygen atoms in total. The van der Waals surface area contributed by atoms with Gasteiger partial charge in [0.05, 0.1) is 12.8 Å². The molecule has 108 valence electrons. The lowest BCUT2D eigenvalue weighted by atomic mass is 10.1. The van der Waals surface area contributed by atoms with Crippen molar-refractivity contribution in [3.05, 3.63) is 53.6 Å². The number of fused-ring (bicyclic) bond motifs is 1. The molecule has 5 heteroatoms. The first-order chi connectivity index (χ1) is 10.3. The Morgan fingerprint density at radius 2 is 2.00 bits per heavy atom. The molecule has 0 saturated heterocycles. The summed E-state index contributed by atoms with van der Waals surface area (Å²) in [6.07, 6.45) is 1.79. The van der Waals surface area contributed by atoms with Crippen molar-refractivity contribution in [3.8, 4) is 11.5 Å². The molecule has 0 bridgehead atoms. The maximum atomic E-state index is 6.16. The molecule has 0 N–H and O–H groups in total. The molecule has 1 aliphatic rings. The summed E-state index contributed by atoms with van der Waals surface area (Å²) < 4.78 is 12.8. The molecule has 0 unspecified atom stereocenters. The van der Waals surface area contributed by atoms with Crippen LogP contribution in [-0.4, -0.2) is 20.0 Å². The van der Waals surface area contributed by atoms with Crippen molar-refractivity contribution in [3.63, 3.8) is 0 Å². The number of methoxy groups -OCH3 is 1. The Balaban J connectivity index is 1.87. The van der Waals surface area contributed by atoms with Gasteiger partial charge in [0.25, 0.3) is 0 Å². The predicted octanol–water partition coefficient (Wildman–Crippen LogP) is 3.62. The molecular formula is C16H15ClN2O2. The van der Waals surface area contributed by atoms with E-state index in [2.05, 4.69) is 4.99 Å². The zero-order chi connectivity index (χ0) is 14.7. The summed E-state index contributed by atoms with van der Waals surface area (Å²) in [5.41, 5.74) is 2.89. The lowest BCUT2D eigenvalue weighted by Gasteiger charge is -2.22. The molecule has 1 heterocycles. The van der Waals surface area contributed by atoms with Gasteiger partial charge >= 0.3 is 0 Å². The molecule has 2 aromatic rings. The minimum Gasteiger partial charge on any atom is -0.493 e. The van der Waals surface area contributed by atoms with Crippen molar-refractivity contribution in [2.45, 2.75) is 6.61 Å². The van der Waals surface area contributed by atoms with Gasteiger partial charge in [-0.15, -0.1) is 0 Å². The van der Waals surface area contributed by atoms with E-state index in [1.54, 1.807) is 17.7 Å². The van der Waals surface area contributed by atoms with Crippen molar-refractivity contribution in [1.29, 1.82) is 0 Å². The van der Waals surface area contributed by atoms with E-state index in [0.29, 0.717) is 24.8 Å². The number of anilines is 1. The van der Waals surface area contributed by atoms with Gasteiger partial charge in [0, 0.05) is 29.6 Å². The summed E-state index contributed by atoms with van der Waals surface area (Å²) in [7, 11) is 1.62. The third-order valence-corrected chi connectivity index (χ3v) is 3.54. The number of ether oxygens (including phenoxy) is 2. The van der Waals surface area contributed by atoms with Crippen LogP contribution in [0.15, 0.2) is 47.5 Å². The van der Waals surface area contributed by atoms with E-state index in [-0.39, 0.29) is 0 Å². The Kier molecular flexibility index (Phi) is 3.97.